The topological polar surface area (TPSA) is 77.4 Å². The average molecular weight is 338 g/mol. The van der Waals surface area contributed by atoms with Gasteiger partial charge in [0.2, 0.25) is 0 Å². The van der Waals surface area contributed by atoms with E-state index in [1.165, 1.54) is 0 Å². The lowest BCUT2D eigenvalue weighted by Gasteiger charge is -2.37. The summed E-state index contributed by atoms with van der Waals surface area (Å²) >= 11 is 0. The molecular weight excluding hydrogens is 312 g/mol. The standard InChI is InChI=1S/C18H26O6/c1-17(7-19)9-21-15(22-10-17)13-3-5-14(6-4-13)16-23-11-18(2,8-20)12-24-16/h3-6,15-16,19-20H,7-12H2,1-2H3. The first-order valence-corrected chi connectivity index (χ1v) is 8.25. The quantitative estimate of drug-likeness (QED) is 0.871. The highest BCUT2D eigenvalue weighted by Gasteiger charge is 2.34. The Labute approximate surface area is 142 Å². The van der Waals surface area contributed by atoms with Crippen molar-refractivity contribution in [1.82, 2.24) is 0 Å². The number of rotatable bonds is 4. The maximum Gasteiger partial charge on any atom is 0.183 e. The molecule has 0 spiro atoms. The number of aliphatic hydroxyl groups excluding tert-OH is 2. The lowest BCUT2D eigenvalue weighted by Crippen LogP contribution is -2.39. The van der Waals surface area contributed by atoms with Crippen molar-refractivity contribution in [2.75, 3.05) is 39.6 Å². The van der Waals surface area contributed by atoms with Crippen molar-refractivity contribution in [1.29, 1.82) is 0 Å². The molecule has 0 aliphatic carbocycles. The molecular formula is C18H26O6. The summed E-state index contributed by atoms with van der Waals surface area (Å²) in [5.74, 6) is 0. The van der Waals surface area contributed by atoms with Crippen molar-refractivity contribution in [3.05, 3.63) is 35.4 Å². The van der Waals surface area contributed by atoms with E-state index in [0.717, 1.165) is 11.1 Å². The molecule has 0 radical (unpaired) electrons. The molecule has 0 atom stereocenters. The second kappa shape index (κ2) is 7.07. The maximum absolute atomic E-state index is 9.34. The van der Waals surface area contributed by atoms with E-state index < -0.39 is 12.6 Å². The molecule has 134 valence electrons. The van der Waals surface area contributed by atoms with Crippen LogP contribution in [-0.4, -0.2) is 49.9 Å². The maximum atomic E-state index is 9.34. The number of hydrogen-bond acceptors (Lipinski definition) is 6. The fourth-order valence-electron chi connectivity index (χ4n) is 2.66. The van der Waals surface area contributed by atoms with Crippen LogP contribution in [0.25, 0.3) is 0 Å². The third-order valence-electron chi connectivity index (χ3n) is 4.58. The first-order valence-electron chi connectivity index (χ1n) is 8.25. The van der Waals surface area contributed by atoms with Crippen molar-refractivity contribution in [2.24, 2.45) is 10.8 Å². The average Bonchev–Trinajstić information content (AvgIpc) is 2.63. The van der Waals surface area contributed by atoms with Gasteiger partial charge in [0.1, 0.15) is 0 Å². The molecule has 0 aromatic heterocycles. The van der Waals surface area contributed by atoms with Gasteiger partial charge >= 0.3 is 0 Å². The van der Waals surface area contributed by atoms with Crippen LogP contribution in [0.15, 0.2) is 24.3 Å². The summed E-state index contributed by atoms with van der Waals surface area (Å²) in [6.07, 6.45) is -0.825. The zero-order valence-electron chi connectivity index (χ0n) is 14.2. The van der Waals surface area contributed by atoms with Crippen molar-refractivity contribution in [2.45, 2.75) is 26.4 Å². The number of hydrogen-bond donors (Lipinski definition) is 2. The van der Waals surface area contributed by atoms with Crippen molar-refractivity contribution in [3.63, 3.8) is 0 Å². The number of benzene rings is 1. The molecule has 3 rings (SSSR count). The Hall–Kier alpha value is -1.02. The SMILES string of the molecule is CC1(CO)COC(c2ccc(C3OCC(C)(CO)CO3)cc2)OC1. The van der Waals surface area contributed by atoms with Crippen LogP contribution in [0.4, 0.5) is 0 Å². The van der Waals surface area contributed by atoms with Gasteiger partial charge in [0.05, 0.1) is 39.6 Å². The zero-order valence-corrected chi connectivity index (χ0v) is 14.2. The van der Waals surface area contributed by atoms with Crippen LogP contribution in [0, 0.1) is 10.8 Å². The monoisotopic (exact) mass is 338 g/mol. The molecule has 1 aromatic rings. The zero-order chi connectivity index (χ0) is 17.2. The molecule has 1 aromatic carbocycles. The summed E-state index contributed by atoms with van der Waals surface area (Å²) in [5, 5.41) is 18.7. The van der Waals surface area contributed by atoms with Crippen LogP contribution < -0.4 is 0 Å². The van der Waals surface area contributed by atoms with Crippen LogP contribution in [0.3, 0.4) is 0 Å². The molecule has 2 fully saturated rings. The third kappa shape index (κ3) is 3.79. The highest BCUT2D eigenvalue weighted by atomic mass is 16.7. The Kier molecular flexibility index (Phi) is 5.24. The molecule has 2 saturated heterocycles. The second-order valence-corrected chi connectivity index (χ2v) is 7.51. The molecule has 6 nitrogen and oxygen atoms in total. The van der Waals surface area contributed by atoms with Crippen LogP contribution in [0.2, 0.25) is 0 Å². The summed E-state index contributed by atoms with van der Waals surface area (Å²) in [6.45, 7) is 5.81. The lowest BCUT2D eigenvalue weighted by molar-refractivity contribution is -0.238. The van der Waals surface area contributed by atoms with Gasteiger partial charge in [-0.15, -0.1) is 0 Å². The van der Waals surface area contributed by atoms with E-state index in [-0.39, 0.29) is 24.0 Å². The summed E-state index contributed by atoms with van der Waals surface area (Å²) in [6, 6.07) is 7.75. The highest BCUT2D eigenvalue weighted by Crippen LogP contribution is 2.34. The van der Waals surface area contributed by atoms with Gasteiger partial charge in [0, 0.05) is 22.0 Å². The molecule has 0 saturated carbocycles. The third-order valence-corrected chi connectivity index (χ3v) is 4.58. The first kappa shape index (κ1) is 17.8. The Morgan fingerprint density at radius 1 is 0.750 bits per heavy atom. The van der Waals surface area contributed by atoms with Crippen LogP contribution >= 0.6 is 0 Å². The normalized spacial score (nSPS) is 37.3. The fraction of sp³-hybridized carbons (Fsp3) is 0.667. The molecule has 2 heterocycles. The molecule has 6 heteroatoms. The van der Waals surface area contributed by atoms with Gasteiger partial charge in [-0.1, -0.05) is 38.1 Å². The molecule has 0 bridgehead atoms. The van der Waals surface area contributed by atoms with E-state index in [2.05, 4.69) is 0 Å². The number of ether oxygens (including phenoxy) is 4. The largest absolute Gasteiger partial charge is 0.396 e. The molecule has 2 N–H and O–H groups in total. The van der Waals surface area contributed by atoms with Crippen LogP contribution in [0.1, 0.15) is 37.6 Å². The summed E-state index contributed by atoms with van der Waals surface area (Å²) in [4.78, 5) is 0. The Bertz CT molecular complexity index is 478. The Morgan fingerprint density at radius 3 is 1.29 bits per heavy atom. The number of aliphatic hydroxyl groups is 2. The molecule has 2 aliphatic heterocycles. The van der Waals surface area contributed by atoms with Crippen LogP contribution in [0.5, 0.6) is 0 Å². The lowest BCUT2D eigenvalue weighted by atomic mass is 9.93. The Balaban J connectivity index is 1.59. The first-order chi connectivity index (χ1) is 11.5. The van der Waals surface area contributed by atoms with Crippen molar-refractivity contribution >= 4 is 0 Å². The highest BCUT2D eigenvalue weighted by molar-refractivity contribution is 5.24. The van der Waals surface area contributed by atoms with E-state index in [1.807, 2.05) is 38.1 Å². The molecule has 2 aliphatic rings. The summed E-state index contributed by atoms with van der Waals surface area (Å²) in [7, 11) is 0. The molecule has 0 amide bonds. The fourth-order valence-corrected chi connectivity index (χ4v) is 2.66. The molecule has 24 heavy (non-hydrogen) atoms. The van der Waals surface area contributed by atoms with Crippen molar-refractivity contribution in [3.8, 4) is 0 Å². The van der Waals surface area contributed by atoms with E-state index >= 15 is 0 Å². The van der Waals surface area contributed by atoms with Gasteiger partial charge in [-0.3, -0.25) is 0 Å². The van der Waals surface area contributed by atoms with Gasteiger partial charge in [0.25, 0.3) is 0 Å². The van der Waals surface area contributed by atoms with E-state index in [1.54, 1.807) is 0 Å². The summed E-state index contributed by atoms with van der Waals surface area (Å²) < 4.78 is 22.9. The van der Waals surface area contributed by atoms with Crippen molar-refractivity contribution < 1.29 is 29.2 Å². The van der Waals surface area contributed by atoms with Gasteiger partial charge in [0.15, 0.2) is 12.6 Å². The van der Waals surface area contributed by atoms with E-state index in [4.69, 9.17) is 18.9 Å². The predicted molar refractivity (Wildman–Crippen MR) is 86.1 cm³/mol. The predicted octanol–water partition coefficient (Wildman–Crippen LogP) is 1.77. The minimum Gasteiger partial charge on any atom is -0.396 e. The summed E-state index contributed by atoms with van der Waals surface area (Å²) in [5.41, 5.74) is 1.18. The van der Waals surface area contributed by atoms with Gasteiger partial charge in [-0.25, -0.2) is 0 Å². The minimum absolute atomic E-state index is 0.0434. The van der Waals surface area contributed by atoms with Gasteiger partial charge in [-0.05, 0) is 0 Å². The second-order valence-electron chi connectivity index (χ2n) is 7.51. The van der Waals surface area contributed by atoms with Crippen LogP contribution in [-0.2, 0) is 18.9 Å². The van der Waals surface area contributed by atoms with Gasteiger partial charge < -0.3 is 29.2 Å². The van der Waals surface area contributed by atoms with E-state index in [0.29, 0.717) is 26.4 Å². The van der Waals surface area contributed by atoms with Gasteiger partial charge in [-0.2, -0.15) is 0 Å². The smallest absolute Gasteiger partial charge is 0.183 e. The minimum atomic E-state index is -0.412. The Morgan fingerprint density at radius 2 is 1.04 bits per heavy atom. The van der Waals surface area contributed by atoms with E-state index in [9.17, 15) is 10.2 Å². The molecule has 0 unspecified atom stereocenters.